The van der Waals surface area contributed by atoms with E-state index in [0.717, 1.165) is 17.5 Å². The quantitative estimate of drug-likeness (QED) is 0.289. The second-order valence-electron chi connectivity index (χ2n) is 6.35. The highest BCUT2D eigenvalue weighted by Gasteiger charge is 2.02. The maximum Gasteiger partial charge on any atom is 0.165 e. The average molecular weight is 386 g/mol. The summed E-state index contributed by atoms with van der Waals surface area (Å²) in [6.45, 7) is 2.20. The molecule has 0 spiro atoms. The standard InChI is InChI=1S/C24H19FN2S/c1-2-3-4-18-5-10-20(11-6-18)21-12-7-19(8-13-21)9-14-22-16-26-24(27-17-28)15-23(22)25/h5-8,10-13,15-16H,2-4H2,1H3. The molecular weight excluding hydrogens is 367 g/mol. The van der Waals surface area contributed by atoms with E-state index >= 15 is 0 Å². The fourth-order valence-corrected chi connectivity index (χ4v) is 2.84. The van der Waals surface area contributed by atoms with Gasteiger partial charge in [0.25, 0.3) is 0 Å². The molecule has 4 heteroatoms. The Balaban J connectivity index is 1.73. The molecule has 0 unspecified atom stereocenters. The molecule has 1 aromatic heterocycles. The van der Waals surface area contributed by atoms with Gasteiger partial charge in [-0.1, -0.05) is 61.6 Å². The van der Waals surface area contributed by atoms with Crippen molar-refractivity contribution in [2.24, 2.45) is 4.99 Å². The number of aromatic nitrogens is 1. The molecule has 2 nitrogen and oxygen atoms in total. The van der Waals surface area contributed by atoms with Gasteiger partial charge >= 0.3 is 0 Å². The first kappa shape index (κ1) is 19.6. The maximum atomic E-state index is 14.0. The molecule has 0 aliphatic heterocycles. The zero-order valence-electron chi connectivity index (χ0n) is 15.6. The lowest BCUT2D eigenvalue weighted by atomic mass is 10.0. The molecule has 3 aromatic rings. The first-order chi connectivity index (χ1) is 13.7. The van der Waals surface area contributed by atoms with Crippen LogP contribution in [0.5, 0.6) is 0 Å². The normalized spacial score (nSPS) is 9.93. The van der Waals surface area contributed by atoms with Crippen molar-refractivity contribution < 1.29 is 4.39 Å². The fourth-order valence-electron chi connectivity index (χ4n) is 2.75. The van der Waals surface area contributed by atoms with E-state index in [1.165, 1.54) is 36.2 Å². The summed E-state index contributed by atoms with van der Waals surface area (Å²) in [7, 11) is 0. The number of rotatable bonds is 5. The first-order valence-corrected chi connectivity index (χ1v) is 9.55. The largest absolute Gasteiger partial charge is 0.235 e. The summed E-state index contributed by atoms with van der Waals surface area (Å²) in [5.41, 5.74) is 4.69. The van der Waals surface area contributed by atoms with Gasteiger partial charge in [-0.3, -0.25) is 0 Å². The van der Waals surface area contributed by atoms with Gasteiger partial charge in [0.2, 0.25) is 0 Å². The summed E-state index contributed by atoms with van der Waals surface area (Å²) in [5.74, 6) is 5.48. The average Bonchev–Trinajstić information content (AvgIpc) is 2.73. The molecule has 0 radical (unpaired) electrons. The monoisotopic (exact) mass is 386 g/mol. The third-order valence-corrected chi connectivity index (χ3v) is 4.42. The number of isothiocyanates is 1. The third-order valence-electron chi connectivity index (χ3n) is 4.33. The topological polar surface area (TPSA) is 25.2 Å². The highest BCUT2D eigenvalue weighted by Crippen LogP contribution is 2.21. The second kappa shape index (κ2) is 9.71. The van der Waals surface area contributed by atoms with Crippen LogP contribution in [0, 0.1) is 17.7 Å². The summed E-state index contributed by atoms with van der Waals surface area (Å²) >= 11 is 4.49. The Morgan fingerprint density at radius 1 is 1.00 bits per heavy atom. The number of halogens is 1. The summed E-state index contributed by atoms with van der Waals surface area (Å²) in [4.78, 5) is 7.63. The zero-order chi connectivity index (χ0) is 19.8. The van der Waals surface area contributed by atoms with Crippen molar-refractivity contribution in [1.82, 2.24) is 4.98 Å². The van der Waals surface area contributed by atoms with Crippen LogP contribution in [0.3, 0.4) is 0 Å². The molecule has 0 atom stereocenters. The Kier molecular flexibility index (Phi) is 6.81. The fraction of sp³-hybridized carbons (Fsp3) is 0.167. The van der Waals surface area contributed by atoms with Crippen LogP contribution in [0.4, 0.5) is 10.2 Å². The lowest BCUT2D eigenvalue weighted by molar-refractivity contribution is 0.622. The van der Waals surface area contributed by atoms with E-state index in [4.69, 9.17) is 0 Å². The van der Waals surface area contributed by atoms with Crippen molar-refractivity contribution >= 4 is 23.2 Å². The number of hydrogen-bond acceptors (Lipinski definition) is 3. The first-order valence-electron chi connectivity index (χ1n) is 9.14. The van der Waals surface area contributed by atoms with E-state index in [1.807, 2.05) is 24.3 Å². The Bertz CT molecular complexity index is 1050. The summed E-state index contributed by atoms with van der Waals surface area (Å²) in [6, 6.07) is 17.8. The summed E-state index contributed by atoms with van der Waals surface area (Å²) < 4.78 is 14.0. The van der Waals surface area contributed by atoms with Crippen LogP contribution >= 0.6 is 12.2 Å². The summed E-state index contributed by atoms with van der Waals surface area (Å²) in [6.07, 6.45) is 4.89. The van der Waals surface area contributed by atoms with Gasteiger partial charge in [0.05, 0.1) is 10.7 Å². The molecule has 28 heavy (non-hydrogen) atoms. The number of pyridine rings is 1. The van der Waals surface area contributed by atoms with E-state index in [1.54, 1.807) is 0 Å². The number of nitrogens with zero attached hydrogens (tertiary/aromatic N) is 2. The van der Waals surface area contributed by atoms with Crippen LogP contribution in [0.1, 0.15) is 36.5 Å². The molecule has 1 heterocycles. The van der Waals surface area contributed by atoms with Crippen LogP contribution in [0.2, 0.25) is 0 Å². The minimum Gasteiger partial charge on any atom is -0.235 e. The second-order valence-corrected chi connectivity index (χ2v) is 6.54. The zero-order valence-corrected chi connectivity index (χ0v) is 16.4. The minimum absolute atomic E-state index is 0.183. The van der Waals surface area contributed by atoms with Crippen molar-refractivity contribution in [3.63, 3.8) is 0 Å². The number of aryl methyl sites for hydroxylation is 1. The van der Waals surface area contributed by atoms with E-state index in [-0.39, 0.29) is 11.4 Å². The van der Waals surface area contributed by atoms with Crippen molar-refractivity contribution in [3.05, 3.63) is 83.3 Å². The van der Waals surface area contributed by atoms with Gasteiger partial charge in [-0.15, -0.1) is 0 Å². The smallest absolute Gasteiger partial charge is 0.165 e. The SMILES string of the molecule is CCCCc1ccc(-c2ccc(C#Cc3cnc(N=C=S)cc3F)cc2)cc1. The number of hydrogen-bond donors (Lipinski definition) is 0. The Hall–Kier alpha value is -3.12. The van der Waals surface area contributed by atoms with Gasteiger partial charge in [-0.2, -0.15) is 4.99 Å². The van der Waals surface area contributed by atoms with Gasteiger partial charge in [0, 0.05) is 17.8 Å². The van der Waals surface area contributed by atoms with Gasteiger partial charge in [0.1, 0.15) is 5.82 Å². The minimum atomic E-state index is -0.480. The van der Waals surface area contributed by atoms with Crippen LogP contribution in [0.15, 0.2) is 65.8 Å². The van der Waals surface area contributed by atoms with Gasteiger partial charge in [-0.25, -0.2) is 9.37 Å². The van der Waals surface area contributed by atoms with Gasteiger partial charge < -0.3 is 0 Å². The van der Waals surface area contributed by atoms with Crippen molar-refractivity contribution in [2.45, 2.75) is 26.2 Å². The number of benzene rings is 2. The van der Waals surface area contributed by atoms with Crippen LogP contribution in [-0.2, 0) is 6.42 Å². The number of unbranched alkanes of at least 4 members (excludes halogenated alkanes) is 1. The van der Waals surface area contributed by atoms with E-state index in [2.05, 4.69) is 70.4 Å². The van der Waals surface area contributed by atoms with Gasteiger partial charge in [0.15, 0.2) is 5.82 Å². The highest BCUT2D eigenvalue weighted by atomic mass is 32.1. The molecule has 0 bridgehead atoms. The molecule has 0 saturated carbocycles. The Morgan fingerprint density at radius 3 is 2.29 bits per heavy atom. The lowest BCUT2D eigenvalue weighted by Crippen LogP contribution is -1.87. The Labute approximate surface area is 170 Å². The molecule has 0 fully saturated rings. The van der Waals surface area contributed by atoms with Crippen LogP contribution in [-0.4, -0.2) is 10.1 Å². The van der Waals surface area contributed by atoms with Gasteiger partial charge in [-0.05, 0) is 53.9 Å². The van der Waals surface area contributed by atoms with E-state index < -0.39 is 5.82 Å². The van der Waals surface area contributed by atoms with E-state index in [0.29, 0.717) is 0 Å². The molecule has 0 saturated heterocycles. The Morgan fingerprint density at radius 2 is 1.68 bits per heavy atom. The summed E-state index contributed by atoms with van der Waals surface area (Å²) in [5, 5.41) is 2.16. The van der Waals surface area contributed by atoms with E-state index in [9.17, 15) is 4.39 Å². The number of thiocarbonyl (C=S) groups is 1. The highest BCUT2D eigenvalue weighted by molar-refractivity contribution is 7.78. The molecule has 0 aliphatic carbocycles. The molecule has 0 aliphatic rings. The maximum absolute atomic E-state index is 14.0. The predicted molar refractivity (Wildman–Crippen MR) is 115 cm³/mol. The predicted octanol–water partition coefficient (Wildman–Crippen LogP) is 6.36. The molecule has 138 valence electrons. The number of aliphatic imine (C=N–C) groups is 1. The lowest BCUT2D eigenvalue weighted by Gasteiger charge is -2.04. The molecular formula is C24H19FN2S. The molecule has 0 N–H and O–H groups in total. The van der Waals surface area contributed by atoms with Crippen LogP contribution < -0.4 is 0 Å². The van der Waals surface area contributed by atoms with Crippen LogP contribution in [0.25, 0.3) is 11.1 Å². The van der Waals surface area contributed by atoms with Crippen molar-refractivity contribution in [2.75, 3.05) is 0 Å². The molecule has 3 rings (SSSR count). The third kappa shape index (κ3) is 5.20. The molecule has 0 amide bonds. The van der Waals surface area contributed by atoms with Crippen molar-refractivity contribution in [3.8, 4) is 23.0 Å². The molecule has 2 aromatic carbocycles. The van der Waals surface area contributed by atoms with Crippen molar-refractivity contribution in [1.29, 1.82) is 0 Å².